The Bertz CT molecular complexity index is 3930. The van der Waals surface area contributed by atoms with Gasteiger partial charge < -0.3 is 18.2 Å². The molecule has 11 aromatic rings. The molecule has 3 aromatic heterocycles. The molecule has 0 radical (unpaired) electrons. The predicted molar refractivity (Wildman–Crippen MR) is 267 cm³/mol. The van der Waals surface area contributed by atoms with Crippen LogP contribution in [0, 0.1) is 0 Å². The molecule has 0 atom stereocenters. The van der Waals surface area contributed by atoms with Crippen molar-refractivity contribution in [2.45, 2.75) is 71.1 Å². The van der Waals surface area contributed by atoms with Crippen LogP contribution in [-0.2, 0) is 23.7 Å². The van der Waals surface area contributed by atoms with Crippen LogP contribution in [0.3, 0.4) is 0 Å². The zero-order valence-corrected chi connectivity index (χ0v) is 36.8. The van der Waals surface area contributed by atoms with Gasteiger partial charge in [-0.1, -0.05) is 113 Å². The molecule has 0 saturated heterocycles. The van der Waals surface area contributed by atoms with E-state index in [-0.39, 0.29) is 17.7 Å². The van der Waals surface area contributed by atoms with Crippen LogP contribution in [0.1, 0.15) is 75.3 Å². The van der Waals surface area contributed by atoms with E-state index in [4.69, 9.17) is 8.83 Å². The van der Waals surface area contributed by atoms with Crippen molar-refractivity contribution in [1.29, 1.82) is 0 Å². The first kappa shape index (κ1) is 35.5. The fraction of sp³-hybridized carbons (Fsp3) is 0.186. The van der Waals surface area contributed by atoms with E-state index < -0.39 is 0 Å². The van der Waals surface area contributed by atoms with Crippen LogP contribution in [0.5, 0.6) is 0 Å². The molecule has 5 heterocycles. The third kappa shape index (κ3) is 4.31. The molecule has 0 fully saturated rings. The summed E-state index contributed by atoms with van der Waals surface area (Å²) < 4.78 is 16.8. The van der Waals surface area contributed by atoms with Crippen LogP contribution in [0.15, 0.2) is 142 Å². The number of fused-ring (bicyclic) bond motifs is 20. The van der Waals surface area contributed by atoms with Crippen molar-refractivity contribution in [3.05, 3.63) is 161 Å². The molecule has 306 valence electrons. The maximum Gasteiger partial charge on any atom is 0.333 e. The van der Waals surface area contributed by atoms with Crippen molar-refractivity contribution in [1.82, 2.24) is 4.57 Å². The number of furan rings is 2. The summed E-state index contributed by atoms with van der Waals surface area (Å²) in [6.07, 6.45) is 4.72. The Labute approximate surface area is 371 Å². The second-order valence-electron chi connectivity index (χ2n) is 20.7. The Morgan fingerprint density at radius 3 is 2.09 bits per heavy atom. The first-order valence-electron chi connectivity index (χ1n) is 23.2. The van der Waals surface area contributed by atoms with Gasteiger partial charge in [0.15, 0.2) is 0 Å². The molecule has 8 aromatic carbocycles. The molecule has 0 bridgehead atoms. The van der Waals surface area contributed by atoms with Crippen molar-refractivity contribution in [3.63, 3.8) is 0 Å². The quantitative estimate of drug-likeness (QED) is 0.155. The highest BCUT2D eigenvalue weighted by Gasteiger charge is 2.48. The summed E-state index contributed by atoms with van der Waals surface area (Å²) >= 11 is 0. The zero-order chi connectivity index (χ0) is 42.5. The maximum absolute atomic E-state index is 7.32. The number of benzene rings is 8. The molecule has 5 heteroatoms. The first-order valence-corrected chi connectivity index (χ1v) is 23.2. The molecular weight excluding hydrogens is 779 g/mol. The van der Waals surface area contributed by atoms with Crippen LogP contribution >= 0.6 is 0 Å². The summed E-state index contributed by atoms with van der Waals surface area (Å²) in [5, 5.41) is 7.26. The molecule has 4 nitrogen and oxygen atoms in total. The molecule has 4 aliphatic rings. The third-order valence-electron chi connectivity index (χ3n) is 15.9. The highest BCUT2D eigenvalue weighted by molar-refractivity contribution is 6.94. The smallest absolute Gasteiger partial charge is 0.333 e. The van der Waals surface area contributed by atoms with Crippen molar-refractivity contribution in [2.75, 3.05) is 4.81 Å². The van der Waals surface area contributed by atoms with Gasteiger partial charge in [0.1, 0.15) is 22.3 Å². The van der Waals surface area contributed by atoms with Gasteiger partial charge in [-0.2, -0.15) is 0 Å². The highest BCUT2D eigenvalue weighted by atomic mass is 16.3. The van der Waals surface area contributed by atoms with E-state index >= 15 is 0 Å². The normalized spacial score (nSPS) is 15.7. The molecule has 0 amide bonds. The first-order chi connectivity index (χ1) is 31.1. The van der Waals surface area contributed by atoms with E-state index in [1.165, 1.54) is 112 Å². The molecule has 2 aliphatic carbocycles. The lowest BCUT2D eigenvalue weighted by molar-refractivity contribution is 0.590. The predicted octanol–water partition coefficient (Wildman–Crippen LogP) is 14.3. The van der Waals surface area contributed by atoms with Gasteiger partial charge >= 0.3 is 6.85 Å². The lowest BCUT2D eigenvalue weighted by atomic mass is 9.43. The lowest BCUT2D eigenvalue weighted by Gasteiger charge is -2.42. The Hall–Kier alpha value is -6.98. The summed E-state index contributed by atoms with van der Waals surface area (Å²) in [4.78, 5) is 2.65. The SMILES string of the molecule is CC(C)(C)c1ccc(N2B3c4cc5c(cc4-n4c6cc7c(cc6c6c8c(oc9ccccc98)c(c3c64)-c3cc4c(cc32)oc2ccccc24)CCCC7)-c2ccccc2C5(C)C)cc1. The molecule has 15 rings (SSSR count). The van der Waals surface area contributed by atoms with Gasteiger partial charge in [-0.15, -0.1) is 0 Å². The molecule has 0 saturated carbocycles. The van der Waals surface area contributed by atoms with Crippen LogP contribution in [0.25, 0.3) is 93.6 Å². The van der Waals surface area contributed by atoms with E-state index in [0.717, 1.165) is 57.3 Å². The highest BCUT2D eigenvalue weighted by Crippen LogP contribution is 2.55. The summed E-state index contributed by atoms with van der Waals surface area (Å²) in [7, 11) is 0. The minimum atomic E-state index is -0.175. The Morgan fingerprint density at radius 1 is 0.578 bits per heavy atom. The van der Waals surface area contributed by atoms with Crippen molar-refractivity contribution < 1.29 is 8.83 Å². The van der Waals surface area contributed by atoms with Gasteiger partial charge in [0, 0.05) is 72.0 Å². The average Bonchev–Trinajstić information content (AvgIpc) is 4.03. The fourth-order valence-electron chi connectivity index (χ4n) is 12.8. The van der Waals surface area contributed by atoms with Crippen molar-refractivity contribution in [2.24, 2.45) is 0 Å². The number of rotatable bonds is 1. The summed E-state index contributed by atoms with van der Waals surface area (Å²) in [5.41, 5.74) is 24.4. The largest absolute Gasteiger partial charge is 0.456 e. The monoisotopic (exact) mass is 824 g/mol. The summed E-state index contributed by atoms with van der Waals surface area (Å²) in [6, 6.07) is 50.8. The molecule has 0 N–H and O–H groups in total. The van der Waals surface area contributed by atoms with E-state index in [1.54, 1.807) is 0 Å². The van der Waals surface area contributed by atoms with Crippen LogP contribution < -0.4 is 15.7 Å². The number of hydrogen-bond acceptors (Lipinski definition) is 3. The topological polar surface area (TPSA) is 34.5 Å². The van der Waals surface area contributed by atoms with Crippen LogP contribution in [0.4, 0.5) is 11.4 Å². The van der Waals surface area contributed by atoms with E-state index in [9.17, 15) is 0 Å². The van der Waals surface area contributed by atoms with Gasteiger partial charge in [0.25, 0.3) is 0 Å². The number of anilines is 2. The minimum Gasteiger partial charge on any atom is -0.456 e. The molecular formula is C59H45BN2O2. The number of aryl methyl sites for hydroxylation is 2. The standard InChI is InChI=1S/C59H45BN2O2/c1-58(2,3)34-22-24-35(25-23-34)62-47-31-51-40(37-17-9-12-20-49(37)63-51)28-42(47)54-55-56-52(53-38-18-10-13-21-50(38)64-57(53)54)41-26-32-14-6-7-15-33(32)27-46(41)61(56)48-29-39-36-16-8-11-19-43(36)59(4,5)44(39)30-45(48)60(55)62/h8-13,16-31H,6-7,14-15H2,1-5H3. The summed E-state index contributed by atoms with van der Waals surface area (Å²) in [5.74, 6) is 0. The van der Waals surface area contributed by atoms with Crippen LogP contribution in [0.2, 0.25) is 0 Å². The minimum absolute atomic E-state index is 0.0170. The second kappa shape index (κ2) is 11.8. The number of hydrogen-bond donors (Lipinski definition) is 0. The van der Waals surface area contributed by atoms with E-state index in [0.29, 0.717) is 0 Å². The van der Waals surface area contributed by atoms with Gasteiger partial charge in [-0.3, -0.25) is 0 Å². The van der Waals surface area contributed by atoms with Crippen molar-refractivity contribution in [3.8, 4) is 27.9 Å². The van der Waals surface area contributed by atoms with Crippen LogP contribution in [-0.4, -0.2) is 11.4 Å². The zero-order valence-electron chi connectivity index (χ0n) is 36.8. The Morgan fingerprint density at radius 2 is 1.30 bits per heavy atom. The molecule has 0 unspecified atom stereocenters. The Balaban J connectivity index is 1.19. The van der Waals surface area contributed by atoms with E-state index in [1.807, 2.05) is 0 Å². The average molecular weight is 825 g/mol. The van der Waals surface area contributed by atoms with Crippen molar-refractivity contribution >= 4 is 94.8 Å². The second-order valence-corrected chi connectivity index (χ2v) is 20.7. The molecule has 0 spiro atoms. The molecule has 64 heavy (non-hydrogen) atoms. The van der Waals surface area contributed by atoms with E-state index in [2.05, 4.69) is 177 Å². The number of para-hydroxylation sites is 2. The summed E-state index contributed by atoms with van der Waals surface area (Å²) in [6.45, 7) is 11.6. The third-order valence-corrected chi connectivity index (χ3v) is 15.9. The van der Waals surface area contributed by atoms with Gasteiger partial charge in [0.05, 0.1) is 11.0 Å². The van der Waals surface area contributed by atoms with Gasteiger partial charge in [0.2, 0.25) is 0 Å². The van der Waals surface area contributed by atoms with Gasteiger partial charge in [-0.25, -0.2) is 0 Å². The lowest BCUT2D eigenvalue weighted by Crippen LogP contribution is -2.60. The number of nitrogens with zero attached hydrogens (tertiary/aromatic N) is 2. The fourth-order valence-corrected chi connectivity index (χ4v) is 12.8. The Kier molecular flexibility index (Phi) is 6.53. The molecule has 2 aliphatic heterocycles. The maximum atomic E-state index is 7.32. The number of aromatic nitrogens is 1. The van der Waals surface area contributed by atoms with Gasteiger partial charge in [-0.05, 0) is 129 Å².